The van der Waals surface area contributed by atoms with E-state index in [-0.39, 0.29) is 28.8 Å². The van der Waals surface area contributed by atoms with Crippen molar-refractivity contribution < 1.29 is 17.9 Å². The zero-order chi connectivity index (χ0) is 24.8. The number of hydrogen-bond donors (Lipinski definition) is 3. The molecule has 4 rings (SSSR count). The number of amides is 1. The van der Waals surface area contributed by atoms with E-state index in [9.17, 15) is 13.2 Å². The Morgan fingerprint density at radius 3 is 2.62 bits per heavy atom. The van der Waals surface area contributed by atoms with Crippen LogP contribution < -0.4 is 21.1 Å². The van der Waals surface area contributed by atoms with Gasteiger partial charge in [0, 0.05) is 18.1 Å². The molecule has 3 heterocycles. The minimum absolute atomic E-state index is 0.109. The average molecular weight is 488 g/mol. The summed E-state index contributed by atoms with van der Waals surface area (Å²) in [6.07, 6.45) is 0. The lowest BCUT2D eigenvalue weighted by Crippen LogP contribution is -2.45. The maximum atomic E-state index is 13.2. The summed E-state index contributed by atoms with van der Waals surface area (Å²) < 4.78 is 33.2. The highest BCUT2D eigenvalue weighted by Gasteiger charge is 2.42. The van der Waals surface area contributed by atoms with Crippen LogP contribution in [0.2, 0.25) is 0 Å². The van der Waals surface area contributed by atoms with Crippen molar-refractivity contribution in [3.05, 3.63) is 47.2 Å². The minimum atomic E-state index is -3.74. The number of benzene rings is 1. The number of sulfonamides is 1. The normalized spacial score (nSPS) is 17.4. The van der Waals surface area contributed by atoms with Gasteiger partial charge in [-0.1, -0.05) is 6.07 Å². The Bertz CT molecular complexity index is 1270. The van der Waals surface area contributed by atoms with E-state index in [0.29, 0.717) is 22.9 Å². The number of methoxy groups -OCH3 is 1. The molecule has 0 fully saturated rings. The molecule has 1 aromatic carbocycles. The molecule has 0 spiro atoms. The standard InChI is InChI=1S/C22H29N7O4S/c1-13(2)29-20(25-26-27-29)16-8-7-9-19(23-16)24-21(30)15-11-18-14(10-17(15)33-6)12-28(22(3,4)5)34(18,31)32/h7-11,13,26-27H,12H2,1-6H3,(H,23,24,30). The van der Waals surface area contributed by atoms with Gasteiger partial charge in [0.2, 0.25) is 10.0 Å². The molecule has 1 amide bonds. The van der Waals surface area contributed by atoms with E-state index < -0.39 is 21.5 Å². The zero-order valence-electron chi connectivity index (χ0n) is 20.0. The number of amidine groups is 1. The van der Waals surface area contributed by atoms with Crippen LogP contribution in [-0.4, -0.2) is 53.1 Å². The predicted octanol–water partition coefficient (Wildman–Crippen LogP) is 2.04. The smallest absolute Gasteiger partial charge is 0.260 e. The molecule has 12 heteroatoms. The summed E-state index contributed by atoms with van der Waals surface area (Å²) in [7, 11) is -2.30. The second kappa shape index (κ2) is 8.53. The number of carbonyl (C=O) groups is 1. The SMILES string of the molecule is COc1cc2c(cc1C(=O)Nc1cccc(C3=NNNN3C(C)C)n1)S(=O)(=O)N(C(C)(C)C)C2. The number of anilines is 1. The Labute approximate surface area is 199 Å². The molecule has 0 aliphatic carbocycles. The molecule has 34 heavy (non-hydrogen) atoms. The summed E-state index contributed by atoms with van der Waals surface area (Å²) in [6, 6.07) is 8.28. The first-order valence-electron chi connectivity index (χ1n) is 10.8. The van der Waals surface area contributed by atoms with Crippen LogP contribution >= 0.6 is 0 Å². The van der Waals surface area contributed by atoms with Crippen molar-refractivity contribution in [2.75, 3.05) is 12.4 Å². The van der Waals surface area contributed by atoms with Crippen LogP contribution in [0.4, 0.5) is 5.82 Å². The lowest BCUT2D eigenvalue weighted by atomic mass is 10.1. The van der Waals surface area contributed by atoms with Crippen LogP contribution in [-0.2, 0) is 16.6 Å². The van der Waals surface area contributed by atoms with Gasteiger partial charge in [0.15, 0.2) is 5.84 Å². The van der Waals surface area contributed by atoms with Gasteiger partial charge in [0.05, 0.1) is 17.6 Å². The fourth-order valence-corrected chi connectivity index (χ4v) is 5.86. The number of aromatic nitrogens is 1. The van der Waals surface area contributed by atoms with Crippen LogP contribution in [0, 0.1) is 0 Å². The molecule has 0 bridgehead atoms. The maximum Gasteiger partial charge on any atom is 0.260 e. The summed E-state index contributed by atoms with van der Waals surface area (Å²) in [5, 5.41) is 8.77. The van der Waals surface area contributed by atoms with Crippen LogP contribution in [0.15, 0.2) is 40.3 Å². The van der Waals surface area contributed by atoms with Gasteiger partial charge in [0.1, 0.15) is 17.3 Å². The number of nitrogens with zero attached hydrogens (tertiary/aromatic N) is 4. The quantitative estimate of drug-likeness (QED) is 0.585. The highest BCUT2D eigenvalue weighted by Crippen LogP contribution is 2.39. The van der Waals surface area contributed by atoms with E-state index in [4.69, 9.17) is 4.74 Å². The van der Waals surface area contributed by atoms with Gasteiger partial charge in [-0.15, -0.1) is 10.6 Å². The Kier molecular flexibility index (Phi) is 6.00. The van der Waals surface area contributed by atoms with Crippen molar-refractivity contribution in [2.45, 2.75) is 57.6 Å². The third-order valence-corrected chi connectivity index (χ3v) is 7.75. The first-order valence-corrected chi connectivity index (χ1v) is 12.3. The third kappa shape index (κ3) is 4.19. The Balaban J connectivity index is 1.65. The monoisotopic (exact) mass is 487 g/mol. The lowest BCUT2D eigenvalue weighted by Gasteiger charge is -2.29. The van der Waals surface area contributed by atoms with Gasteiger partial charge in [0.25, 0.3) is 5.91 Å². The van der Waals surface area contributed by atoms with Gasteiger partial charge in [-0.25, -0.2) is 18.9 Å². The van der Waals surface area contributed by atoms with Crippen LogP contribution in [0.25, 0.3) is 0 Å². The molecule has 1 aromatic heterocycles. The second-order valence-corrected chi connectivity index (χ2v) is 11.2. The molecule has 0 atom stereocenters. The number of pyridine rings is 1. The third-order valence-electron chi connectivity index (χ3n) is 5.55. The van der Waals surface area contributed by atoms with Crippen molar-refractivity contribution >= 4 is 27.6 Å². The van der Waals surface area contributed by atoms with E-state index in [1.165, 1.54) is 17.5 Å². The number of nitrogens with one attached hydrogen (secondary N) is 3. The highest BCUT2D eigenvalue weighted by atomic mass is 32.2. The van der Waals surface area contributed by atoms with Crippen LogP contribution in [0.1, 0.15) is 56.2 Å². The number of hydrazone groups is 1. The summed E-state index contributed by atoms with van der Waals surface area (Å²) >= 11 is 0. The molecule has 0 unspecified atom stereocenters. The molecule has 3 N–H and O–H groups in total. The fourth-order valence-electron chi connectivity index (χ4n) is 3.87. The van der Waals surface area contributed by atoms with Crippen molar-refractivity contribution in [3.63, 3.8) is 0 Å². The maximum absolute atomic E-state index is 13.2. The predicted molar refractivity (Wildman–Crippen MR) is 127 cm³/mol. The van der Waals surface area contributed by atoms with E-state index in [2.05, 4.69) is 26.5 Å². The van der Waals surface area contributed by atoms with E-state index in [1.54, 1.807) is 24.3 Å². The molecule has 11 nitrogen and oxygen atoms in total. The lowest BCUT2D eigenvalue weighted by molar-refractivity contribution is 0.102. The molecule has 0 saturated heterocycles. The van der Waals surface area contributed by atoms with Gasteiger partial charge in [-0.2, -0.15) is 4.31 Å². The molecule has 2 aliphatic heterocycles. The molecule has 0 saturated carbocycles. The Hall–Kier alpha value is -3.22. The number of ether oxygens (including phenoxy) is 1. The first kappa shape index (κ1) is 23.9. The van der Waals surface area contributed by atoms with Gasteiger partial charge in [-0.3, -0.25) is 9.80 Å². The molecule has 2 aromatic rings. The number of carbonyl (C=O) groups excluding carboxylic acids is 1. The number of hydrogen-bond acceptors (Lipinski definition) is 9. The van der Waals surface area contributed by atoms with Crippen molar-refractivity contribution in [1.29, 1.82) is 0 Å². The van der Waals surface area contributed by atoms with Gasteiger partial charge >= 0.3 is 0 Å². The number of fused-ring (bicyclic) bond motifs is 1. The Morgan fingerprint density at radius 2 is 1.97 bits per heavy atom. The largest absolute Gasteiger partial charge is 0.496 e. The van der Waals surface area contributed by atoms with Crippen molar-refractivity contribution in [1.82, 2.24) is 25.4 Å². The molecular formula is C22H29N7O4S. The van der Waals surface area contributed by atoms with E-state index in [1.807, 2.05) is 39.6 Å². The molecule has 2 aliphatic rings. The fraction of sp³-hybridized carbons (Fsp3) is 0.409. The minimum Gasteiger partial charge on any atom is -0.496 e. The highest BCUT2D eigenvalue weighted by molar-refractivity contribution is 7.89. The zero-order valence-corrected chi connectivity index (χ0v) is 20.8. The van der Waals surface area contributed by atoms with E-state index >= 15 is 0 Å². The van der Waals surface area contributed by atoms with E-state index in [0.717, 1.165) is 0 Å². The summed E-state index contributed by atoms with van der Waals surface area (Å²) in [6.45, 7) is 9.71. The second-order valence-electron chi connectivity index (χ2n) is 9.33. The summed E-state index contributed by atoms with van der Waals surface area (Å²) in [5.41, 5.74) is 6.28. The first-order chi connectivity index (χ1) is 15.9. The van der Waals surface area contributed by atoms with Gasteiger partial charge in [-0.05, 0) is 64.4 Å². The van der Waals surface area contributed by atoms with Crippen LogP contribution in [0.5, 0.6) is 5.75 Å². The molecule has 0 radical (unpaired) electrons. The topological polar surface area (TPSA) is 128 Å². The number of hydrazine groups is 2. The van der Waals surface area contributed by atoms with Gasteiger partial charge < -0.3 is 10.1 Å². The van der Waals surface area contributed by atoms with Crippen molar-refractivity contribution in [3.8, 4) is 5.75 Å². The summed E-state index contributed by atoms with van der Waals surface area (Å²) in [5.74, 6) is 0.633. The van der Waals surface area contributed by atoms with Crippen LogP contribution in [0.3, 0.4) is 0 Å². The number of rotatable bonds is 5. The summed E-state index contributed by atoms with van der Waals surface area (Å²) in [4.78, 5) is 17.8. The van der Waals surface area contributed by atoms with Crippen molar-refractivity contribution in [2.24, 2.45) is 5.10 Å². The Morgan fingerprint density at radius 1 is 1.24 bits per heavy atom. The average Bonchev–Trinajstić information content (AvgIpc) is 3.35. The molecular weight excluding hydrogens is 458 g/mol. The molecule has 182 valence electrons.